The molecular weight excluding hydrogens is 234 g/mol. The number of aliphatic carboxylic acids is 2. The van der Waals surface area contributed by atoms with Gasteiger partial charge in [-0.25, -0.2) is 0 Å². The van der Waals surface area contributed by atoms with Gasteiger partial charge in [0.25, 0.3) is 0 Å². The number of carbonyl (C=O) groups is 2. The topological polar surface area (TPSA) is 86.6 Å². The molecule has 106 valence electrons. The Balaban J connectivity index is 4.31. The van der Waals surface area contributed by atoms with E-state index in [-0.39, 0.29) is 23.8 Å². The Morgan fingerprint density at radius 3 is 1.94 bits per heavy atom. The van der Waals surface area contributed by atoms with Crippen LogP contribution in [0.4, 0.5) is 0 Å². The third-order valence-corrected chi connectivity index (χ3v) is 3.76. The molecule has 0 radical (unpaired) electrons. The van der Waals surface area contributed by atoms with E-state index in [1.165, 1.54) is 0 Å². The van der Waals surface area contributed by atoms with Crippen molar-refractivity contribution in [2.45, 2.75) is 41.0 Å². The molecule has 0 rings (SSSR count). The van der Waals surface area contributed by atoms with Gasteiger partial charge in [-0.3, -0.25) is 9.59 Å². The highest BCUT2D eigenvalue weighted by Crippen LogP contribution is 2.36. The molecule has 0 spiro atoms. The van der Waals surface area contributed by atoms with E-state index >= 15 is 0 Å². The molecule has 0 aliphatic heterocycles. The predicted octanol–water partition coefficient (Wildman–Crippen LogP) is 1.82. The highest BCUT2D eigenvalue weighted by Gasteiger charge is 2.32. The molecule has 5 nitrogen and oxygen atoms in total. The molecule has 0 aromatic carbocycles. The van der Waals surface area contributed by atoms with E-state index < -0.39 is 17.9 Å². The highest BCUT2D eigenvalue weighted by molar-refractivity contribution is 5.77. The van der Waals surface area contributed by atoms with Crippen molar-refractivity contribution in [3.05, 3.63) is 0 Å². The Kier molecular flexibility index (Phi) is 5.80. The van der Waals surface area contributed by atoms with Crippen molar-refractivity contribution in [3.63, 3.8) is 0 Å². The van der Waals surface area contributed by atoms with Gasteiger partial charge in [-0.05, 0) is 10.8 Å². The van der Waals surface area contributed by atoms with E-state index in [2.05, 4.69) is 39.9 Å². The second kappa shape index (κ2) is 6.18. The van der Waals surface area contributed by atoms with Gasteiger partial charge >= 0.3 is 11.9 Å². The lowest BCUT2D eigenvalue weighted by Crippen LogP contribution is -2.42. The molecule has 0 aliphatic rings. The first-order valence-corrected chi connectivity index (χ1v) is 6.12. The van der Waals surface area contributed by atoms with Crippen molar-refractivity contribution in [2.75, 3.05) is 13.1 Å². The first kappa shape index (κ1) is 16.9. The van der Waals surface area contributed by atoms with E-state index in [0.29, 0.717) is 6.54 Å². The molecule has 3 N–H and O–H groups in total. The summed E-state index contributed by atoms with van der Waals surface area (Å²) in [5.74, 6) is -3.03. The fourth-order valence-corrected chi connectivity index (χ4v) is 1.28. The first-order valence-electron chi connectivity index (χ1n) is 6.12. The lowest BCUT2D eigenvalue weighted by Gasteiger charge is -2.39. The van der Waals surface area contributed by atoms with Crippen molar-refractivity contribution >= 4 is 11.9 Å². The van der Waals surface area contributed by atoms with Crippen molar-refractivity contribution in [3.8, 4) is 0 Å². The standard InChI is InChI=1S/C13H25NO4/c1-12(2,3)13(4,5)8-14-7-9(11(17)18)6-10(15)16/h9,14H,6-8H2,1-5H3,(H,15,16)(H,17,18). The quantitative estimate of drug-likeness (QED) is 0.649. The summed E-state index contributed by atoms with van der Waals surface area (Å²) in [6.07, 6.45) is -0.349. The zero-order valence-electron chi connectivity index (χ0n) is 11.9. The zero-order chi connectivity index (χ0) is 14.6. The van der Waals surface area contributed by atoms with Gasteiger partial charge in [0, 0.05) is 13.1 Å². The summed E-state index contributed by atoms with van der Waals surface area (Å²) < 4.78 is 0. The third-order valence-electron chi connectivity index (χ3n) is 3.76. The van der Waals surface area contributed by atoms with Gasteiger partial charge in [0.05, 0.1) is 12.3 Å². The number of rotatable bonds is 7. The van der Waals surface area contributed by atoms with Crippen LogP contribution in [0.1, 0.15) is 41.0 Å². The maximum Gasteiger partial charge on any atom is 0.308 e. The SMILES string of the molecule is CC(C)(C)C(C)(C)CNCC(CC(=O)O)C(=O)O. The molecule has 5 heteroatoms. The molecule has 0 aromatic rings. The fraction of sp³-hybridized carbons (Fsp3) is 0.846. The number of hydrogen-bond acceptors (Lipinski definition) is 3. The Bertz CT molecular complexity index is 305. The minimum Gasteiger partial charge on any atom is -0.481 e. The fourth-order valence-electron chi connectivity index (χ4n) is 1.28. The molecule has 0 saturated heterocycles. The van der Waals surface area contributed by atoms with Gasteiger partial charge in [0.1, 0.15) is 0 Å². The van der Waals surface area contributed by atoms with Crippen LogP contribution >= 0.6 is 0 Å². The molecule has 1 unspecified atom stereocenters. The molecular formula is C13H25NO4. The Morgan fingerprint density at radius 2 is 1.61 bits per heavy atom. The van der Waals surface area contributed by atoms with Crippen LogP contribution in [0.3, 0.4) is 0 Å². The van der Waals surface area contributed by atoms with Gasteiger partial charge in [-0.2, -0.15) is 0 Å². The minimum absolute atomic E-state index is 0.000717. The molecule has 0 amide bonds. The Morgan fingerprint density at radius 1 is 1.11 bits per heavy atom. The normalized spacial score (nSPS) is 14.3. The van der Waals surface area contributed by atoms with Crippen LogP contribution in [0.2, 0.25) is 0 Å². The summed E-state index contributed by atoms with van der Waals surface area (Å²) in [5, 5.41) is 20.6. The maximum atomic E-state index is 10.9. The second-order valence-electron chi connectivity index (χ2n) is 6.40. The van der Waals surface area contributed by atoms with Crippen molar-refractivity contribution in [1.29, 1.82) is 0 Å². The lowest BCUT2D eigenvalue weighted by molar-refractivity contribution is -0.148. The number of carboxylic acid groups (broad SMARTS) is 2. The van der Waals surface area contributed by atoms with Crippen molar-refractivity contribution < 1.29 is 19.8 Å². The van der Waals surface area contributed by atoms with Crippen molar-refractivity contribution in [1.82, 2.24) is 5.32 Å². The molecule has 18 heavy (non-hydrogen) atoms. The van der Waals surface area contributed by atoms with E-state index in [1.54, 1.807) is 0 Å². The van der Waals surface area contributed by atoms with E-state index in [4.69, 9.17) is 10.2 Å². The lowest BCUT2D eigenvalue weighted by atomic mass is 9.69. The third kappa shape index (κ3) is 5.49. The summed E-state index contributed by atoms with van der Waals surface area (Å²) in [7, 11) is 0. The average molecular weight is 259 g/mol. The molecule has 0 heterocycles. The maximum absolute atomic E-state index is 10.9. The van der Waals surface area contributed by atoms with Gasteiger partial charge in [0.2, 0.25) is 0 Å². The van der Waals surface area contributed by atoms with Crippen LogP contribution in [-0.2, 0) is 9.59 Å². The van der Waals surface area contributed by atoms with Crippen LogP contribution in [0.5, 0.6) is 0 Å². The van der Waals surface area contributed by atoms with Crippen LogP contribution in [0.25, 0.3) is 0 Å². The van der Waals surface area contributed by atoms with E-state index in [1.807, 2.05) is 0 Å². The molecule has 0 saturated carbocycles. The van der Waals surface area contributed by atoms with E-state index in [0.717, 1.165) is 0 Å². The number of hydrogen-bond donors (Lipinski definition) is 3. The number of carboxylic acids is 2. The highest BCUT2D eigenvalue weighted by atomic mass is 16.4. The van der Waals surface area contributed by atoms with Crippen LogP contribution < -0.4 is 5.32 Å². The van der Waals surface area contributed by atoms with Crippen LogP contribution in [0.15, 0.2) is 0 Å². The van der Waals surface area contributed by atoms with Crippen molar-refractivity contribution in [2.24, 2.45) is 16.7 Å². The second-order valence-corrected chi connectivity index (χ2v) is 6.40. The zero-order valence-corrected chi connectivity index (χ0v) is 11.9. The molecule has 0 aromatic heterocycles. The largest absolute Gasteiger partial charge is 0.481 e. The monoisotopic (exact) mass is 259 g/mol. The Labute approximate surface area is 109 Å². The smallest absolute Gasteiger partial charge is 0.308 e. The average Bonchev–Trinajstić information content (AvgIpc) is 2.13. The summed E-state index contributed by atoms with van der Waals surface area (Å²) in [4.78, 5) is 21.4. The molecule has 0 bridgehead atoms. The molecule has 0 aliphatic carbocycles. The minimum atomic E-state index is -1.08. The summed E-state index contributed by atoms with van der Waals surface area (Å²) >= 11 is 0. The first-order chi connectivity index (χ1) is 7.97. The van der Waals surface area contributed by atoms with Gasteiger partial charge in [0.15, 0.2) is 0 Å². The summed E-state index contributed by atoms with van der Waals surface area (Å²) in [6.45, 7) is 11.4. The summed E-state index contributed by atoms with van der Waals surface area (Å²) in [6, 6.07) is 0. The Hall–Kier alpha value is -1.10. The predicted molar refractivity (Wildman–Crippen MR) is 69.5 cm³/mol. The molecule has 0 fully saturated rings. The summed E-state index contributed by atoms with van der Waals surface area (Å²) in [5.41, 5.74) is 0.0881. The van der Waals surface area contributed by atoms with E-state index in [9.17, 15) is 9.59 Å². The van der Waals surface area contributed by atoms with Gasteiger partial charge in [-0.1, -0.05) is 34.6 Å². The van der Waals surface area contributed by atoms with Gasteiger partial charge < -0.3 is 15.5 Å². The van der Waals surface area contributed by atoms with Crippen LogP contribution in [0, 0.1) is 16.7 Å². The molecule has 1 atom stereocenters. The number of nitrogens with one attached hydrogen (secondary N) is 1. The van der Waals surface area contributed by atoms with Gasteiger partial charge in [-0.15, -0.1) is 0 Å². The van der Waals surface area contributed by atoms with Crippen LogP contribution in [-0.4, -0.2) is 35.2 Å².